The second-order valence-electron chi connectivity index (χ2n) is 2.58. The van der Waals surface area contributed by atoms with Gasteiger partial charge in [-0.15, -0.1) is 12.4 Å². The predicted octanol–water partition coefficient (Wildman–Crippen LogP) is 2.38. The molecule has 0 rings (SSSR count). The van der Waals surface area contributed by atoms with Crippen molar-refractivity contribution in [2.45, 2.75) is 26.7 Å². The van der Waals surface area contributed by atoms with Gasteiger partial charge in [-0.3, -0.25) is 9.18 Å². The highest BCUT2D eigenvalue weighted by molar-refractivity contribution is 5.85. The highest BCUT2D eigenvalue weighted by Crippen LogP contribution is 2.01. The molecule has 0 aliphatic carbocycles. The lowest BCUT2D eigenvalue weighted by atomic mass is 10.1. The quantitative estimate of drug-likeness (QED) is 0.630. The Morgan fingerprint density at radius 2 is 2.00 bits per heavy atom. The van der Waals surface area contributed by atoms with Crippen LogP contribution in [-0.4, -0.2) is 12.5 Å². The molecule has 62 valence electrons. The van der Waals surface area contributed by atoms with Crippen LogP contribution in [0.25, 0.3) is 0 Å². The van der Waals surface area contributed by atoms with Crippen LogP contribution in [0.5, 0.6) is 0 Å². The van der Waals surface area contributed by atoms with Crippen LogP contribution in [0.1, 0.15) is 26.7 Å². The van der Waals surface area contributed by atoms with Crippen LogP contribution in [0.4, 0.5) is 4.39 Å². The van der Waals surface area contributed by atoms with Crippen molar-refractivity contribution in [3.05, 3.63) is 0 Å². The van der Waals surface area contributed by atoms with E-state index in [2.05, 4.69) is 0 Å². The van der Waals surface area contributed by atoms with Crippen molar-refractivity contribution in [2.75, 3.05) is 6.67 Å². The summed E-state index contributed by atoms with van der Waals surface area (Å²) in [6, 6.07) is 0. The van der Waals surface area contributed by atoms with Gasteiger partial charge in [0.2, 0.25) is 0 Å². The molecule has 0 spiro atoms. The van der Waals surface area contributed by atoms with E-state index in [0.29, 0.717) is 12.3 Å². The van der Waals surface area contributed by atoms with Gasteiger partial charge in [0.1, 0.15) is 5.78 Å². The summed E-state index contributed by atoms with van der Waals surface area (Å²) in [6.45, 7) is 3.40. The van der Waals surface area contributed by atoms with Crippen molar-refractivity contribution < 1.29 is 9.18 Å². The number of hydrogen-bond acceptors (Lipinski definition) is 1. The Hall–Kier alpha value is -0.110. The molecule has 0 unspecified atom stereocenters. The average molecular weight is 169 g/mol. The predicted molar refractivity (Wildman–Crippen MR) is 42.3 cm³/mol. The first-order chi connectivity index (χ1) is 4.16. The van der Waals surface area contributed by atoms with Gasteiger partial charge in [0.15, 0.2) is 0 Å². The largest absolute Gasteiger partial charge is 0.300 e. The summed E-state index contributed by atoms with van der Waals surface area (Å²) in [6.07, 6.45) is 0.613. The smallest absolute Gasteiger partial charge is 0.135 e. The maximum atomic E-state index is 11.5. The second-order valence-corrected chi connectivity index (χ2v) is 2.58. The van der Waals surface area contributed by atoms with E-state index >= 15 is 0 Å². The Bertz CT molecular complexity index is 93.6. The first-order valence-corrected chi connectivity index (χ1v) is 3.24. The zero-order valence-electron chi connectivity index (χ0n) is 6.39. The second kappa shape index (κ2) is 7.00. The van der Waals surface area contributed by atoms with Gasteiger partial charge in [-0.05, 0) is 5.92 Å². The number of alkyl halides is 1. The molecule has 0 aromatic rings. The molecule has 10 heavy (non-hydrogen) atoms. The normalized spacial score (nSPS) is 9.20. The highest BCUT2D eigenvalue weighted by Gasteiger charge is 2.02. The van der Waals surface area contributed by atoms with Crippen LogP contribution in [0, 0.1) is 5.92 Å². The molecule has 0 aliphatic heterocycles. The van der Waals surface area contributed by atoms with E-state index < -0.39 is 6.67 Å². The summed E-state index contributed by atoms with van der Waals surface area (Å²) in [4.78, 5) is 10.6. The fraction of sp³-hybridized carbons (Fsp3) is 0.857. The number of Topliss-reactive ketones (excluding diaryl/α,β-unsaturated/α-hetero) is 1. The van der Waals surface area contributed by atoms with Crippen LogP contribution in [-0.2, 0) is 4.79 Å². The lowest BCUT2D eigenvalue weighted by molar-refractivity contribution is -0.119. The van der Waals surface area contributed by atoms with Crippen molar-refractivity contribution in [1.29, 1.82) is 0 Å². The third-order valence-electron chi connectivity index (χ3n) is 1.01. The number of rotatable bonds is 4. The molecule has 0 aromatic carbocycles. The summed E-state index contributed by atoms with van der Waals surface area (Å²) in [5.74, 6) is 0.400. The molecule has 3 heteroatoms. The molecule has 0 N–H and O–H groups in total. The monoisotopic (exact) mass is 168 g/mol. The highest BCUT2D eigenvalue weighted by atomic mass is 35.5. The number of carbonyl (C=O) groups is 1. The standard InChI is InChI=1S/C7H13FO.ClH/c1-6(2)5-7(9)3-4-8;/h6H,3-5H2,1-2H3;1H. The Morgan fingerprint density at radius 1 is 1.50 bits per heavy atom. The molecule has 0 radical (unpaired) electrons. The van der Waals surface area contributed by atoms with Crippen LogP contribution >= 0.6 is 12.4 Å². The molecule has 0 saturated carbocycles. The van der Waals surface area contributed by atoms with Crippen molar-refractivity contribution >= 4 is 18.2 Å². The van der Waals surface area contributed by atoms with Crippen LogP contribution in [0.15, 0.2) is 0 Å². The summed E-state index contributed by atoms with van der Waals surface area (Å²) >= 11 is 0. The van der Waals surface area contributed by atoms with E-state index in [-0.39, 0.29) is 24.6 Å². The minimum atomic E-state index is -0.508. The number of halogens is 2. The van der Waals surface area contributed by atoms with Crippen LogP contribution in [0.3, 0.4) is 0 Å². The van der Waals surface area contributed by atoms with E-state index in [1.807, 2.05) is 13.8 Å². The third-order valence-corrected chi connectivity index (χ3v) is 1.01. The van der Waals surface area contributed by atoms with Crippen molar-refractivity contribution in [3.8, 4) is 0 Å². The third kappa shape index (κ3) is 7.89. The first-order valence-electron chi connectivity index (χ1n) is 3.24. The Morgan fingerprint density at radius 3 is 2.30 bits per heavy atom. The molecule has 1 nitrogen and oxygen atoms in total. The lowest BCUT2D eigenvalue weighted by Crippen LogP contribution is -2.02. The van der Waals surface area contributed by atoms with Crippen molar-refractivity contribution in [1.82, 2.24) is 0 Å². The number of ketones is 1. The molecular formula is C7H14ClFO. The van der Waals surface area contributed by atoms with Gasteiger partial charge in [-0.2, -0.15) is 0 Å². The van der Waals surface area contributed by atoms with E-state index in [1.165, 1.54) is 0 Å². The summed E-state index contributed by atoms with van der Waals surface area (Å²) in [5.41, 5.74) is 0. The van der Waals surface area contributed by atoms with E-state index in [1.54, 1.807) is 0 Å². The van der Waals surface area contributed by atoms with Gasteiger partial charge >= 0.3 is 0 Å². The van der Waals surface area contributed by atoms with Crippen LogP contribution in [0.2, 0.25) is 0 Å². The van der Waals surface area contributed by atoms with E-state index in [4.69, 9.17) is 0 Å². The average Bonchev–Trinajstić information content (AvgIpc) is 1.63. The Kier molecular flexibility index (Phi) is 8.79. The first kappa shape index (κ1) is 12.6. The van der Waals surface area contributed by atoms with Crippen molar-refractivity contribution in [3.63, 3.8) is 0 Å². The molecule has 0 atom stereocenters. The molecule has 0 saturated heterocycles. The summed E-state index contributed by atoms with van der Waals surface area (Å²) < 4.78 is 11.5. The van der Waals surface area contributed by atoms with E-state index in [9.17, 15) is 9.18 Å². The maximum Gasteiger partial charge on any atom is 0.135 e. The molecule has 0 heterocycles. The van der Waals surface area contributed by atoms with Gasteiger partial charge in [0.05, 0.1) is 6.67 Å². The van der Waals surface area contributed by atoms with Gasteiger partial charge in [0.25, 0.3) is 0 Å². The van der Waals surface area contributed by atoms with E-state index in [0.717, 1.165) is 0 Å². The van der Waals surface area contributed by atoms with Gasteiger partial charge < -0.3 is 0 Å². The Labute approximate surface area is 67.4 Å². The fourth-order valence-electron chi connectivity index (χ4n) is 0.663. The number of carbonyl (C=O) groups excluding carboxylic acids is 1. The SMILES string of the molecule is CC(C)CC(=O)CCF.Cl. The van der Waals surface area contributed by atoms with Gasteiger partial charge in [0, 0.05) is 12.8 Å². The van der Waals surface area contributed by atoms with Gasteiger partial charge in [-0.1, -0.05) is 13.8 Å². The minimum Gasteiger partial charge on any atom is -0.300 e. The zero-order valence-corrected chi connectivity index (χ0v) is 7.21. The molecular weight excluding hydrogens is 155 g/mol. The molecule has 0 aromatic heterocycles. The Balaban J connectivity index is 0. The molecule has 0 aliphatic rings. The topological polar surface area (TPSA) is 17.1 Å². The molecule has 0 bridgehead atoms. The zero-order chi connectivity index (χ0) is 7.28. The lowest BCUT2D eigenvalue weighted by Gasteiger charge is -1.99. The minimum absolute atomic E-state index is 0. The molecule has 0 amide bonds. The van der Waals surface area contributed by atoms with Crippen LogP contribution < -0.4 is 0 Å². The fourth-order valence-corrected chi connectivity index (χ4v) is 0.663. The molecule has 0 fully saturated rings. The maximum absolute atomic E-state index is 11.5. The van der Waals surface area contributed by atoms with Gasteiger partial charge in [-0.25, -0.2) is 0 Å². The van der Waals surface area contributed by atoms with Crippen molar-refractivity contribution in [2.24, 2.45) is 5.92 Å². The summed E-state index contributed by atoms with van der Waals surface area (Å²) in [5, 5.41) is 0. The summed E-state index contributed by atoms with van der Waals surface area (Å²) in [7, 11) is 0. The number of hydrogen-bond donors (Lipinski definition) is 0.